The predicted molar refractivity (Wildman–Crippen MR) is 157 cm³/mol. The number of methoxy groups -OCH3 is 2. The summed E-state index contributed by atoms with van der Waals surface area (Å²) < 4.78 is 23.3. The van der Waals surface area contributed by atoms with Crippen LogP contribution in [-0.4, -0.2) is 49.7 Å². The van der Waals surface area contributed by atoms with E-state index in [9.17, 15) is 4.79 Å². The summed E-state index contributed by atoms with van der Waals surface area (Å²) in [6.07, 6.45) is 2.73. The number of nitrogens with one attached hydrogen (secondary N) is 3. The van der Waals surface area contributed by atoms with Gasteiger partial charge in [-0.25, -0.2) is 0 Å². The second kappa shape index (κ2) is 11.3. The van der Waals surface area contributed by atoms with E-state index in [0.717, 1.165) is 37.2 Å². The monoisotopic (exact) mass is 563 g/mol. The van der Waals surface area contributed by atoms with Crippen molar-refractivity contribution in [1.29, 1.82) is 0 Å². The molecular formula is C31H41N5O5. The van der Waals surface area contributed by atoms with Crippen molar-refractivity contribution in [2.75, 3.05) is 44.5 Å². The van der Waals surface area contributed by atoms with Gasteiger partial charge < -0.3 is 34.6 Å². The number of amides is 1. The Labute approximate surface area is 241 Å². The summed E-state index contributed by atoms with van der Waals surface area (Å²) in [5, 5.41) is 9.42. The average Bonchev–Trinajstić information content (AvgIpc) is 3.65. The normalized spacial score (nSPS) is 18.7. The molecular weight excluding hydrogens is 522 g/mol. The van der Waals surface area contributed by atoms with E-state index in [0.29, 0.717) is 24.0 Å². The van der Waals surface area contributed by atoms with Gasteiger partial charge in [-0.15, -0.1) is 0 Å². The van der Waals surface area contributed by atoms with Crippen LogP contribution in [0.25, 0.3) is 0 Å². The average molecular weight is 564 g/mol. The van der Waals surface area contributed by atoms with Gasteiger partial charge in [-0.1, -0.05) is 12.1 Å². The third kappa shape index (κ3) is 6.04. The number of anilines is 2. The second-order valence-electron chi connectivity index (χ2n) is 11.9. The van der Waals surface area contributed by atoms with E-state index in [1.807, 2.05) is 6.07 Å². The van der Waals surface area contributed by atoms with Gasteiger partial charge in [0.15, 0.2) is 11.4 Å². The molecule has 220 valence electrons. The van der Waals surface area contributed by atoms with Crippen molar-refractivity contribution in [3.63, 3.8) is 0 Å². The number of furan rings is 1. The van der Waals surface area contributed by atoms with Crippen LogP contribution in [0.5, 0.6) is 11.8 Å². The second-order valence-corrected chi connectivity index (χ2v) is 11.9. The molecule has 1 saturated heterocycles. The van der Waals surface area contributed by atoms with Gasteiger partial charge in [0.1, 0.15) is 5.76 Å². The third-order valence-electron chi connectivity index (χ3n) is 8.00. The fourth-order valence-corrected chi connectivity index (χ4v) is 5.90. The van der Waals surface area contributed by atoms with Crippen molar-refractivity contribution in [2.24, 2.45) is 5.92 Å². The van der Waals surface area contributed by atoms with Crippen molar-refractivity contribution in [3.05, 3.63) is 58.0 Å². The summed E-state index contributed by atoms with van der Waals surface area (Å²) in [7, 11) is 2.98. The largest absolute Gasteiger partial charge is 0.479 e. The molecule has 0 radical (unpaired) electrons. The predicted octanol–water partition coefficient (Wildman–Crippen LogP) is 5.15. The number of nitrogens with zero attached hydrogens (tertiary/aromatic N) is 2. The highest BCUT2D eigenvalue weighted by molar-refractivity contribution is 6.03. The lowest BCUT2D eigenvalue weighted by Crippen LogP contribution is -2.22. The lowest BCUT2D eigenvalue weighted by Gasteiger charge is -2.24. The Morgan fingerprint density at radius 2 is 1.76 bits per heavy atom. The molecule has 3 aromatic rings. The number of fused-ring (bicyclic) bond motifs is 1. The van der Waals surface area contributed by atoms with Gasteiger partial charge in [-0.05, 0) is 101 Å². The number of carbonyl (C=O) groups excluding carboxylic acids is 1. The molecule has 1 amide bonds. The summed E-state index contributed by atoms with van der Waals surface area (Å²) in [4.78, 5) is 22.1. The Morgan fingerprint density at radius 1 is 1.07 bits per heavy atom. The minimum absolute atomic E-state index is 0.167. The Balaban J connectivity index is 1.29. The van der Waals surface area contributed by atoms with Gasteiger partial charge in [-0.3, -0.25) is 4.79 Å². The van der Waals surface area contributed by atoms with Crippen LogP contribution in [0.3, 0.4) is 0 Å². The van der Waals surface area contributed by atoms with E-state index in [-0.39, 0.29) is 34.4 Å². The van der Waals surface area contributed by atoms with E-state index >= 15 is 0 Å². The first-order valence-electron chi connectivity index (χ1n) is 14.2. The fraction of sp³-hybridized carbons (Fsp3) is 0.516. The first-order valence-corrected chi connectivity index (χ1v) is 14.2. The Morgan fingerprint density at radius 3 is 2.39 bits per heavy atom. The van der Waals surface area contributed by atoms with Gasteiger partial charge in [0, 0.05) is 13.0 Å². The highest BCUT2D eigenvalue weighted by Gasteiger charge is 2.43. The lowest BCUT2D eigenvalue weighted by atomic mass is 9.86. The molecule has 10 heteroatoms. The molecule has 1 aromatic carbocycles. The van der Waals surface area contributed by atoms with E-state index in [2.05, 4.69) is 72.7 Å². The maximum atomic E-state index is 13.2. The van der Waals surface area contributed by atoms with Crippen LogP contribution in [-0.2, 0) is 22.4 Å². The fourth-order valence-electron chi connectivity index (χ4n) is 5.90. The molecule has 2 aliphatic heterocycles. The molecule has 1 unspecified atom stereocenters. The molecule has 0 spiro atoms. The molecule has 2 aliphatic rings. The highest BCUT2D eigenvalue weighted by Crippen LogP contribution is 2.47. The topological polar surface area (TPSA) is 120 Å². The van der Waals surface area contributed by atoms with Gasteiger partial charge >= 0.3 is 0 Å². The van der Waals surface area contributed by atoms with Crippen molar-refractivity contribution in [1.82, 2.24) is 15.3 Å². The number of aromatic nitrogens is 2. The first-order chi connectivity index (χ1) is 19.5. The number of ether oxygens (including phenoxy) is 3. The van der Waals surface area contributed by atoms with Crippen molar-refractivity contribution in [2.45, 2.75) is 65.1 Å². The van der Waals surface area contributed by atoms with Crippen molar-refractivity contribution < 1.29 is 23.4 Å². The summed E-state index contributed by atoms with van der Waals surface area (Å²) in [5.41, 5.74) is 4.19. The third-order valence-corrected chi connectivity index (χ3v) is 8.00. The summed E-state index contributed by atoms with van der Waals surface area (Å²) in [6.45, 7) is 13.3. The lowest BCUT2D eigenvalue weighted by molar-refractivity contribution is -0.105. The summed E-state index contributed by atoms with van der Waals surface area (Å²) in [6, 6.07) is 7.90. The number of hydrogen-bond acceptors (Lipinski definition) is 9. The number of carbonyl (C=O) groups is 1. The standard InChI is InChI=1S/C31H41N5O5/c1-18-14-22-23(31(4,5)41-30(22,2)3)16-20(18)15-21-8-9-24(40-21)26(37)34-25-27(38-6)35-29(36-28(25)39-7)33-13-11-19-10-12-32-17-19/h8-9,14,16,19,32H,10-13,15,17H2,1-7H3,(H,34,37)(H,33,35,36). The molecule has 41 heavy (non-hydrogen) atoms. The van der Waals surface area contributed by atoms with Crippen LogP contribution < -0.4 is 25.4 Å². The summed E-state index contributed by atoms with van der Waals surface area (Å²) >= 11 is 0. The zero-order valence-corrected chi connectivity index (χ0v) is 25.1. The molecule has 0 bridgehead atoms. The zero-order chi connectivity index (χ0) is 29.4. The molecule has 10 nitrogen and oxygen atoms in total. The summed E-state index contributed by atoms with van der Waals surface area (Å²) in [5.74, 6) is 1.81. The first kappa shape index (κ1) is 28.9. The number of hydrogen-bond donors (Lipinski definition) is 3. The van der Waals surface area contributed by atoms with Gasteiger partial charge in [0.05, 0.1) is 25.4 Å². The highest BCUT2D eigenvalue weighted by atomic mass is 16.5. The SMILES string of the molecule is COc1nc(NCCC2CCNC2)nc(OC)c1NC(=O)c1ccc(Cc2cc3c(cc2C)C(C)(C)OC3(C)C)o1. The van der Waals surface area contributed by atoms with Crippen LogP contribution in [0.4, 0.5) is 11.6 Å². The molecule has 1 fully saturated rings. The van der Waals surface area contributed by atoms with Crippen LogP contribution in [0, 0.1) is 12.8 Å². The van der Waals surface area contributed by atoms with Crippen LogP contribution in [0.2, 0.25) is 0 Å². The van der Waals surface area contributed by atoms with E-state index in [1.165, 1.54) is 31.8 Å². The van der Waals surface area contributed by atoms with Crippen LogP contribution in [0.15, 0.2) is 28.7 Å². The molecule has 0 aliphatic carbocycles. The molecule has 5 rings (SSSR count). The van der Waals surface area contributed by atoms with Crippen LogP contribution >= 0.6 is 0 Å². The van der Waals surface area contributed by atoms with Gasteiger partial charge in [-0.2, -0.15) is 9.97 Å². The van der Waals surface area contributed by atoms with Gasteiger partial charge in [0.2, 0.25) is 17.7 Å². The molecule has 1 atom stereocenters. The van der Waals surface area contributed by atoms with Gasteiger partial charge in [0.25, 0.3) is 5.91 Å². The van der Waals surface area contributed by atoms with Crippen LogP contribution in [0.1, 0.15) is 79.1 Å². The smallest absolute Gasteiger partial charge is 0.291 e. The van der Waals surface area contributed by atoms with E-state index < -0.39 is 5.91 Å². The van der Waals surface area contributed by atoms with E-state index in [4.69, 9.17) is 18.6 Å². The minimum Gasteiger partial charge on any atom is -0.479 e. The molecule has 0 saturated carbocycles. The Kier molecular flexibility index (Phi) is 7.98. The molecule has 4 heterocycles. The number of aryl methyl sites for hydroxylation is 1. The number of rotatable bonds is 10. The molecule has 2 aromatic heterocycles. The van der Waals surface area contributed by atoms with E-state index in [1.54, 1.807) is 6.07 Å². The van der Waals surface area contributed by atoms with Crippen molar-refractivity contribution in [3.8, 4) is 11.8 Å². The van der Waals surface area contributed by atoms with Crippen molar-refractivity contribution >= 4 is 17.5 Å². The Bertz CT molecular complexity index is 1400. The Hall–Kier alpha value is -3.63. The number of benzene rings is 1. The zero-order valence-electron chi connectivity index (χ0n) is 25.1. The maximum absolute atomic E-state index is 13.2. The quantitative estimate of drug-likeness (QED) is 0.308. The molecule has 3 N–H and O–H groups in total. The minimum atomic E-state index is -0.451. The maximum Gasteiger partial charge on any atom is 0.291 e.